The molecule has 182 valence electrons. The van der Waals surface area contributed by atoms with Crippen LogP contribution in [0.1, 0.15) is 22.8 Å². The number of ether oxygens (including phenoxy) is 2. The molecule has 0 saturated heterocycles. The SMILES string of the molecule is CCN(C(=O)/C(=C/c1ccc(C(=O)O)cc1)COc1cccc2ccccc12)c1ccc(OC)cc1. The van der Waals surface area contributed by atoms with Crippen molar-refractivity contribution in [3.05, 3.63) is 108 Å². The van der Waals surface area contributed by atoms with Crippen LogP contribution in [0.2, 0.25) is 0 Å². The molecule has 0 heterocycles. The zero-order valence-corrected chi connectivity index (χ0v) is 20.2. The Balaban J connectivity index is 1.68. The van der Waals surface area contributed by atoms with Crippen LogP contribution in [0.4, 0.5) is 5.69 Å². The number of fused-ring (bicyclic) bond motifs is 1. The molecule has 6 heteroatoms. The van der Waals surface area contributed by atoms with Gasteiger partial charge in [-0.2, -0.15) is 0 Å². The molecule has 0 aromatic heterocycles. The topological polar surface area (TPSA) is 76.1 Å². The van der Waals surface area contributed by atoms with Crippen LogP contribution < -0.4 is 14.4 Å². The highest BCUT2D eigenvalue weighted by atomic mass is 16.5. The third-order valence-electron chi connectivity index (χ3n) is 5.85. The molecule has 0 atom stereocenters. The fraction of sp³-hybridized carbons (Fsp3) is 0.133. The van der Waals surface area contributed by atoms with E-state index in [0.717, 1.165) is 16.5 Å². The third-order valence-corrected chi connectivity index (χ3v) is 5.85. The van der Waals surface area contributed by atoms with Gasteiger partial charge in [0, 0.05) is 17.6 Å². The van der Waals surface area contributed by atoms with E-state index in [9.17, 15) is 14.7 Å². The summed E-state index contributed by atoms with van der Waals surface area (Å²) in [4.78, 5) is 26.7. The normalized spacial score (nSPS) is 11.2. The lowest BCUT2D eigenvalue weighted by Crippen LogP contribution is -2.33. The lowest BCUT2D eigenvalue weighted by Gasteiger charge is -2.23. The second kappa shape index (κ2) is 11.2. The standard InChI is InChI=1S/C30H27NO5/c1-3-31(25-15-17-26(35-2)18-16-25)29(32)24(19-21-11-13-23(14-12-21)30(33)34)20-36-28-10-6-8-22-7-4-5-9-27(22)28/h4-19H,3,20H2,1-2H3,(H,33,34)/b24-19+. The molecule has 0 fully saturated rings. The number of amides is 1. The number of nitrogens with zero attached hydrogens (tertiary/aromatic N) is 1. The minimum Gasteiger partial charge on any atom is -0.497 e. The summed E-state index contributed by atoms with van der Waals surface area (Å²) < 4.78 is 11.4. The van der Waals surface area contributed by atoms with Crippen LogP contribution in [0.15, 0.2) is 96.6 Å². The number of hydrogen-bond donors (Lipinski definition) is 1. The van der Waals surface area contributed by atoms with Crippen LogP contribution in [0.5, 0.6) is 11.5 Å². The summed E-state index contributed by atoms with van der Waals surface area (Å²) in [6.45, 7) is 2.40. The number of anilines is 1. The van der Waals surface area contributed by atoms with Crippen molar-refractivity contribution < 1.29 is 24.2 Å². The van der Waals surface area contributed by atoms with Crippen molar-refractivity contribution in [3.63, 3.8) is 0 Å². The Labute approximate surface area is 210 Å². The van der Waals surface area contributed by atoms with Gasteiger partial charge in [0.2, 0.25) is 0 Å². The van der Waals surface area contributed by atoms with Crippen molar-refractivity contribution in [1.29, 1.82) is 0 Å². The summed E-state index contributed by atoms with van der Waals surface area (Å²) in [5, 5.41) is 11.2. The average molecular weight is 482 g/mol. The fourth-order valence-corrected chi connectivity index (χ4v) is 3.94. The van der Waals surface area contributed by atoms with Gasteiger partial charge in [-0.3, -0.25) is 4.79 Å². The van der Waals surface area contributed by atoms with E-state index in [4.69, 9.17) is 9.47 Å². The molecule has 0 spiro atoms. The zero-order chi connectivity index (χ0) is 25.5. The maximum atomic E-state index is 13.7. The van der Waals surface area contributed by atoms with Gasteiger partial charge in [-0.05, 0) is 66.4 Å². The Morgan fingerprint density at radius 1 is 0.889 bits per heavy atom. The number of carbonyl (C=O) groups excluding carboxylic acids is 1. The predicted octanol–water partition coefficient (Wildman–Crippen LogP) is 6.06. The van der Waals surface area contributed by atoms with E-state index in [2.05, 4.69) is 0 Å². The number of methoxy groups -OCH3 is 1. The van der Waals surface area contributed by atoms with E-state index in [1.807, 2.05) is 73.7 Å². The Bertz CT molecular complexity index is 1390. The van der Waals surface area contributed by atoms with Gasteiger partial charge in [-0.15, -0.1) is 0 Å². The second-order valence-corrected chi connectivity index (χ2v) is 8.11. The van der Waals surface area contributed by atoms with E-state index in [0.29, 0.717) is 29.2 Å². The molecule has 0 radical (unpaired) electrons. The predicted molar refractivity (Wildman–Crippen MR) is 142 cm³/mol. The van der Waals surface area contributed by atoms with Crippen LogP contribution in [0.25, 0.3) is 16.8 Å². The molecule has 0 bridgehead atoms. The van der Waals surface area contributed by atoms with Crippen LogP contribution in [-0.2, 0) is 4.79 Å². The Morgan fingerprint density at radius 3 is 2.25 bits per heavy atom. The van der Waals surface area contributed by atoms with Crippen LogP contribution in [-0.4, -0.2) is 37.2 Å². The molecule has 0 aliphatic rings. The molecule has 0 aliphatic carbocycles. The zero-order valence-electron chi connectivity index (χ0n) is 20.2. The van der Waals surface area contributed by atoms with Gasteiger partial charge in [0.15, 0.2) is 0 Å². The molecule has 0 aliphatic heterocycles. The van der Waals surface area contributed by atoms with Crippen molar-refractivity contribution in [2.75, 3.05) is 25.2 Å². The lowest BCUT2D eigenvalue weighted by molar-refractivity contribution is -0.115. The number of rotatable bonds is 9. The van der Waals surface area contributed by atoms with Crippen molar-refractivity contribution in [3.8, 4) is 11.5 Å². The van der Waals surface area contributed by atoms with Gasteiger partial charge in [0.25, 0.3) is 5.91 Å². The van der Waals surface area contributed by atoms with Gasteiger partial charge in [0.1, 0.15) is 18.1 Å². The van der Waals surface area contributed by atoms with E-state index in [1.165, 1.54) is 12.1 Å². The monoisotopic (exact) mass is 481 g/mol. The largest absolute Gasteiger partial charge is 0.497 e. The first-order valence-corrected chi connectivity index (χ1v) is 11.6. The molecule has 1 N–H and O–H groups in total. The molecular weight excluding hydrogens is 454 g/mol. The minimum atomic E-state index is -1.00. The van der Waals surface area contributed by atoms with E-state index < -0.39 is 5.97 Å². The molecular formula is C30H27NO5. The van der Waals surface area contributed by atoms with Gasteiger partial charge >= 0.3 is 5.97 Å². The van der Waals surface area contributed by atoms with Crippen LogP contribution in [0, 0.1) is 0 Å². The summed E-state index contributed by atoms with van der Waals surface area (Å²) >= 11 is 0. The molecule has 4 rings (SSSR count). The molecule has 6 nitrogen and oxygen atoms in total. The van der Waals surface area contributed by atoms with Crippen LogP contribution >= 0.6 is 0 Å². The van der Waals surface area contributed by atoms with Gasteiger partial charge < -0.3 is 19.5 Å². The quantitative estimate of drug-likeness (QED) is 0.294. The Morgan fingerprint density at radius 2 is 1.58 bits per heavy atom. The number of carboxylic acids is 1. The first-order chi connectivity index (χ1) is 17.5. The molecule has 0 saturated carbocycles. The van der Waals surface area contributed by atoms with Crippen molar-refractivity contribution in [1.82, 2.24) is 0 Å². The summed E-state index contributed by atoms with van der Waals surface area (Å²) in [7, 11) is 1.60. The highest BCUT2D eigenvalue weighted by molar-refractivity contribution is 6.08. The first kappa shape index (κ1) is 24.5. The number of carbonyl (C=O) groups is 2. The van der Waals surface area contributed by atoms with Gasteiger partial charge in [-0.1, -0.05) is 48.5 Å². The first-order valence-electron chi connectivity index (χ1n) is 11.6. The number of likely N-dealkylation sites (N-methyl/N-ethyl adjacent to an activating group) is 1. The number of benzene rings is 4. The second-order valence-electron chi connectivity index (χ2n) is 8.11. The summed E-state index contributed by atoms with van der Waals surface area (Å²) in [6.07, 6.45) is 1.74. The smallest absolute Gasteiger partial charge is 0.335 e. The maximum Gasteiger partial charge on any atom is 0.335 e. The molecule has 0 unspecified atom stereocenters. The third kappa shape index (κ3) is 5.55. The number of carboxylic acid groups (broad SMARTS) is 1. The van der Waals surface area contributed by atoms with Crippen molar-refractivity contribution in [2.24, 2.45) is 0 Å². The highest BCUT2D eigenvalue weighted by Gasteiger charge is 2.20. The van der Waals surface area contributed by atoms with Crippen molar-refractivity contribution >= 4 is 34.4 Å². The minimum absolute atomic E-state index is 0.0418. The van der Waals surface area contributed by atoms with Crippen LogP contribution in [0.3, 0.4) is 0 Å². The number of aromatic carboxylic acids is 1. The Kier molecular flexibility index (Phi) is 7.66. The van der Waals surface area contributed by atoms with E-state index in [1.54, 1.807) is 30.2 Å². The summed E-state index contributed by atoms with van der Waals surface area (Å²) in [5.74, 6) is 0.180. The summed E-state index contributed by atoms with van der Waals surface area (Å²) in [6, 6.07) is 27.4. The summed E-state index contributed by atoms with van der Waals surface area (Å²) in [5.41, 5.74) is 2.06. The highest BCUT2D eigenvalue weighted by Crippen LogP contribution is 2.27. The lowest BCUT2D eigenvalue weighted by atomic mass is 10.1. The average Bonchev–Trinajstić information content (AvgIpc) is 2.92. The van der Waals surface area contributed by atoms with Gasteiger partial charge in [0.05, 0.1) is 18.2 Å². The Hall–Kier alpha value is -4.58. The molecule has 36 heavy (non-hydrogen) atoms. The fourth-order valence-electron chi connectivity index (χ4n) is 3.94. The molecule has 1 amide bonds. The molecule has 4 aromatic carbocycles. The number of hydrogen-bond acceptors (Lipinski definition) is 4. The van der Waals surface area contributed by atoms with E-state index >= 15 is 0 Å². The van der Waals surface area contributed by atoms with Crippen molar-refractivity contribution in [2.45, 2.75) is 6.92 Å². The van der Waals surface area contributed by atoms with E-state index in [-0.39, 0.29) is 18.1 Å². The maximum absolute atomic E-state index is 13.7. The van der Waals surface area contributed by atoms with Gasteiger partial charge in [-0.25, -0.2) is 4.79 Å². The molecule has 4 aromatic rings.